The van der Waals surface area contributed by atoms with Crippen LogP contribution in [0.2, 0.25) is 0 Å². The van der Waals surface area contributed by atoms with Gasteiger partial charge in [-0.05, 0) is 38.1 Å². The first-order valence-corrected chi connectivity index (χ1v) is 7.57. The van der Waals surface area contributed by atoms with Crippen molar-refractivity contribution in [1.29, 1.82) is 0 Å². The molecule has 122 valence electrons. The maximum Gasteiger partial charge on any atom is 0.176 e. The number of ether oxygens (including phenoxy) is 1. The topological polar surface area (TPSA) is 67.8 Å². The predicted molar refractivity (Wildman–Crippen MR) is 87.5 cm³/mol. The minimum absolute atomic E-state index is 0.0615. The highest BCUT2D eigenvalue weighted by Gasteiger charge is 2.27. The van der Waals surface area contributed by atoms with Crippen LogP contribution in [0.4, 0.5) is 0 Å². The largest absolute Gasteiger partial charge is 0.493 e. The molecule has 2 atom stereocenters. The lowest BCUT2D eigenvalue weighted by Crippen LogP contribution is -2.36. The van der Waals surface area contributed by atoms with Crippen molar-refractivity contribution in [2.24, 2.45) is 0 Å². The molecule has 1 aromatic carbocycles. The highest BCUT2D eigenvalue weighted by molar-refractivity contribution is 5.83. The molecule has 5 nitrogen and oxygen atoms in total. The van der Waals surface area contributed by atoms with Gasteiger partial charge in [-0.15, -0.1) is 0 Å². The lowest BCUT2D eigenvalue weighted by atomic mass is 10.0. The van der Waals surface area contributed by atoms with Gasteiger partial charge in [0.15, 0.2) is 11.3 Å². The fourth-order valence-corrected chi connectivity index (χ4v) is 2.55. The lowest BCUT2D eigenvalue weighted by molar-refractivity contribution is 0.0315. The number of rotatable bonds is 6. The van der Waals surface area contributed by atoms with Crippen molar-refractivity contribution in [3.05, 3.63) is 54.2 Å². The predicted octanol–water partition coefficient (Wildman–Crippen LogP) is 3.59. The van der Waals surface area contributed by atoms with E-state index in [9.17, 15) is 5.11 Å². The summed E-state index contributed by atoms with van der Waals surface area (Å²) in [5.41, 5.74) is -0.349. The smallest absolute Gasteiger partial charge is 0.176 e. The average molecular weight is 315 g/mol. The molecule has 0 saturated carbocycles. The number of benzene rings is 1. The van der Waals surface area contributed by atoms with Gasteiger partial charge in [0.25, 0.3) is 0 Å². The normalized spacial score (nSPS) is 15.5. The van der Waals surface area contributed by atoms with E-state index >= 15 is 0 Å². The van der Waals surface area contributed by atoms with E-state index in [-0.39, 0.29) is 6.04 Å². The molecule has 0 aliphatic carbocycles. The molecule has 0 radical (unpaired) electrons. The van der Waals surface area contributed by atoms with Crippen LogP contribution in [0, 0.1) is 0 Å². The van der Waals surface area contributed by atoms with Crippen LogP contribution in [-0.2, 0) is 5.60 Å². The van der Waals surface area contributed by atoms with Crippen LogP contribution in [0.25, 0.3) is 11.0 Å². The van der Waals surface area contributed by atoms with Crippen molar-refractivity contribution in [3.63, 3.8) is 0 Å². The van der Waals surface area contributed by atoms with Crippen molar-refractivity contribution in [1.82, 2.24) is 5.32 Å². The maximum absolute atomic E-state index is 10.5. The Morgan fingerprint density at radius 2 is 2.13 bits per heavy atom. The minimum Gasteiger partial charge on any atom is -0.493 e. The van der Waals surface area contributed by atoms with Crippen molar-refractivity contribution in [2.45, 2.75) is 25.5 Å². The van der Waals surface area contributed by atoms with Gasteiger partial charge in [-0.3, -0.25) is 0 Å². The van der Waals surface area contributed by atoms with Gasteiger partial charge in [0, 0.05) is 11.9 Å². The highest BCUT2D eigenvalue weighted by atomic mass is 16.5. The summed E-state index contributed by atoms with van der Waals surface area (Å²) in [4.78, 5) is 0. The molecule has 5 heteroatoms. The molecule has 0 aliphatic rings. The number of hydrogen-bond acceptors (Lipinski definition) is 5. The Balaban J connectivity index is 1.75. The fourth-order valence-electron chi connectivity index (χ4n) is 2.55. The third-order valence-corrected chi connectivity index (χ3v) is 3.98. The molecular weight excluding hydrogens is 294 g/mol. The Labute approximate surface area is 134 Å². The molecule has 23 heavy (non-hydrogen) atoms. The zero-order valence-electron chi connectivity index (χ0n) is 13.5. The SMILES string of the molecule is COc1cccc2cc([C@@H](C)NC[C@@](C)(O)c3ccco3)oc12. The monoisotopic (exact) mass is 315 g/mol. The summed E-state index contributed by atoms with van der Waals surface area (Å²) < 4.78 is 16.5. The van der Waals surface area contributed by atoms with Gasteiger partial charge >= 0.3 is 0 Å². The Bertz CT molecular complexity index is 774. The van der Waals surface area contributed by atoms with E-state index in [4.69, 9.17) is 13.6 Å². The number of methoxy groups -OCH3 is 1. The Hall–Kier alpha value is -2.24. The summed E-state index contributed by atoms with van der Waals surface area (Å²) in [6.07, 6.45) is 1.55. The van der Waals surface area contributed by atoms with Crippen LogP contribution in [0.1, 0.15) is 31.4 Å². The van der Waals surface area contributed by atoms with Gasteiger partial charge in [0.1, 0.15) is 17.1 Å². The number of furan rings is 2. The number of nitrogens with one attached hydrogen (secondary N) is 1. The molecule has 0 saturated heterocycles. The second kappa shape index (κ2) is 6.10. The molecule has 0 bridgehead atoms. The average Bonchev–Trinajstić information content (AvgIpc) is 3.21. The number of aliphatic hydroxyl groups is 1. The minimum atomic E-state index is -1.08. The van der Waals surface area contributed by atoms with Gasteiger partial charge in [-0.25, -0.2) is 0 Å². The third-order valence-electron chi connectivity index (χ3n) is 3.98. The van der Waals surface area contributed by atoms with Crippen molar-refractivity contribution < 1.29 is 18.7 Å². The molecule has 0 spiro atoms. The quantitative estimate of drug-likeness (QED) is 0.727. The van der Waals surface area contributed by atoms with Crippen LogP contribution in [0.3, 0.4) is 0 Å². The van der Waals surface area contributed by atoms with Crippen LogP contribution in [0.15, 0.2) is 51.5 Å². The number of para-hydroxylation sites is 1. The van der Waals surface area contributed by atoms with E-state index in [0.717, 1.165) is 16.7 Å². The van der Waals surface area contributed by atoms with Gasteiger partial charge in [0.2, 0.25) is 0 Å². The van der Waals surface area contributed by atoms with E-state index in [0.29, 0.717) is 18.1 Å². The summed E-state index contributed by atoms with van der Waals surface area (Å²) >= 11 is 0. The molecule has 0 amide bonds. The molecule has 3 rings (SSSR count). The molecule has 0 fully saturated rings. The zero-order valence-corrected chi connectivity index (χ0v) is 13.5. The molecule has 2 aromatic heterocycles. The second-order valence-electron chi connectivity index (χ2n) is 5.88. The first kappa shape index (κ1) is 15.6. The number of fused-ring (bicyclic) bond motifs is 1. The maximum atomic E-state index is 10.5. The van der Waals surface area contributed by atoms with Crippen LogP contribution in [0.5, 0.6) is 5.75 Å². The van der Waals surface area contributed by atoms with Crippen LogP contribution >= 0.6 is 0 Å². The van der Waals surface area contributed by atoms with Crippen LogP contribution < -0.4 is 10.1 Å². The van der Waals surface area contributed by atoms with E-state index in [2.05, 4.69) is 5.32 Å². The molecular formula is C18H21NO4. The molecule has 0 unspecified atom stereocenters. The van der Waals surface area contributed by atoms with E-state index < -0.39 is 5.60 Å². The molecule has 2 N–H and O–H groups in total. The van der Waals surface area contributed by atoms with Gasteiger partial charge in [-0.2, -0.15) is 0 Å². The summed E-state index contributed by atoms with van der Waals surface area (Å²) in [5.74, 6) is 2.03. The van der Waals surface area contributed by atoms with E-state index in [1.165, 1.54) is 0 Å². The third kappa shape index (κ3) is 3.11. The standard InChI is InChI=1S/C18H21NO4/c1-12(19-11-18(2,20)16-8-5-9-22-16)15-10-13-6-4-7-14(21-3)17(13)23-15/h4-10,12,19-20H,11H2,1-3H3/t12-,18-/m1/s1. The highest BCUT2D eigenvalue weighted by Crippen LogP contribution is 2.31. The Kier molecular flexibility index (Phi) is 4.15. The van der Waals surface area contributed by atoms with Crippen LogP contribution in [-0.4, -0.2) is 18.8 Å². The number of hydrogen-bond donors (Lipinski definition) is 2. The fraction of sp³-hybridized carbons (Fsp3) is 0.333. The van der Waals surface area contributed by atoms with Gasteiger partial charge in [-0.1, -0.05) is 12.1 Å². The molecule has 2 heterocycles. The van der Waals surface area contributed by atoms with Gasteiger partial charge < -0.3 is 24.0 Å². The van der Waals surface area contributed by atoms with Crippen molar-refractivity contribution in [3.8, 4) is 5.75 Å². The zero-order chi connectivity index (χ0) is 16.4. The lowest BCUT2D eigenvalue weighted by Gasteiger charge is -2.23. The first-order valence-electron chi connectivity index (χ1n) is 7.57. The second-order valence-corrected chi connectivity index (χ2v) is 5.88. The van der Waals surface area contributed by atoms with Crippen molar-refractivity contribution in [2.75, 3.05) is 13.7 Å². The summed E-state index contributed by atoms with van der Waals surface area (Å²) in [6.45, 7) is 4.05. The molecule has 0 aliphatic heterocycles. The van der Waals surface area contributed by atoms with Crippen molar-refractivity contribution >= 4 is 11.0 Å². The van der Waals surface area contributed by atoms with E-state index in [1.54, 1.807) is 32.4 Å². The summed E-state index contributed by atoms with van der Waals surface area (Å²) in [5, 5.41) is 14.8. The molecule has 3 aromatic rings. The Morgan fingerprint density at radius 3 is 2.83 bits per heavy atom. The van der Waals surface area contributed by atoms with Gasteiger partial charge in [0.05, 0.1) is 19.4 Å². The summed E-state index contributed by atoms with van der Waals surface area (Å²) in [6, 6.07) is 11.2. The van der Waals surface area contributed by atoms with E-state index in [1.807, 2.05) is 31.2 Å². The summed E-state index contributed by atoms with van der Waals surface area (Å²) in [7, 11) is 1.62. The Morgan fingerprint density at radius 1 is 1.30 bits per heavy atom. The first-order chi connectivity index (χ1) is 11.0.